The van der Waals surface area contributed by atoms with Crippen molar-refractivity contribution in [2.45, 2.75) is 0 Å². The van der Waals surface area contributed by atoms with E-state index >= 15 is 0 Å². The standard InChI is InChI=1S/C58H39NO/c1-4-13-40(14-5-1)43-23-25-44(26-24-43)46-29-34-51(35-30-46)59(50-32-27-45(28-33-50)41-15-6-2-7-16-41)56-22-12-21-53-54-37-49(42-17-8-3-9-18-42)31-36-52(54)55-38-47-19-10-11-20-48(47)39-57(55)60-58(53)56/h1-39H. The van der Waals surface area contributed by atoms with E-state index in [9.17, 15) is 0 Å². The van der Waals surface area contributed by atoms with Gasteiger partial charge in [-0.05, 0) is 115 Å². The van der Waals surface area contributed by atoms with Gasteiger partial charge in [0.25, 0.3) is 0 Å². The summed E-state index contributed by atoms with van der Waals surface area (Å²) < 4.78 is 7.29. The fourth-order valence-corrected chi connectivity index (χ4v) is 8.61. The summed E-state index contributed by atoms with van der Waals surface area (Å²) in [6.07, 6.45) is 0. The predicted octanol–water partition coefficient (Wildman–Crippen LogP) is 16.4. The van der Waals surface area contributed by atoms with Crippen molar-refractivity contribution in [3.05, 3.63) is 237 Å². The summed E-state index contributed by atoms with van der Waals surface area (Å²) in [6, 6.07) is 84.7. The topological polar surface area (TPSA) is 12.5 Å². The van der Waals surface area contributed by atoms with E-state index in [1.165, 1.54) is 38.8 Å². The Morgan fingerprint density at radius 3 is 1.23 bits per heavy atom. The molecule has 1 aliphatic heterocycles. The lowest BCUT2D eigenvalue weighted by atomic mass is 9.90. The second kappa shape index (κ2) is 15.1. The molecule has 0 saturated carbocycles. The van der Waals surface area contributed by atoms with Gasteiger partial charge in [-0.2, -0.15) is 0 Å². The zero-order chi connectivity index (χ0) is 39.8. The van der Waals surface area contributed by atoms with Crippen LogP contribution in [-0.4, -0.2) is 0 Å². The summed E-state index contributed by atoms with van der Waals surface area (Å²) in [7, 11) is 0. The van der Waals surface area contributed by atoms with Gasteiger partial charge in [0.05, 0.1) is 5.69 Å². The molecule has 0 fully saturated rings. The first-order chi connectivity index (χ1) is 29.7. The highest BCUT2D eigenvalue weighted by Crippen LogP contribution is 2.54. The van der Waals surface area contributed by atoms with Crippen LogP contribution in [0.4, 0.5) is 17.1 Å². The average Bonchev–Trinajstić information content (AvgIpc) is 3.46. The monoisotopic (exact) mass is 765 g/mol. The molecular formula is C58H39NO. The van der Waals surface area contributed by atoms with E-state index in [0.717, 1.165) is 67.3 Å². The van der Waals surface area contributed by atoms with Gasteiger partial charge in [0, 0.05) is 22.5 Å². The van der Waals surface area contributed by atoms with E-state index < -0.39 is 0 Å². The van der Waals surface area contributed by atoms with Gasteiger partial charge in [-0.25, -0.2) is 0 Å². The lowest BCUT2D eigenvalue weighted by Gasteiger charge is -2.28. The summed E-state index contributed by atoms with van der Waals surface area (Å²) in [6.45, 7) is 0. The molecule has 11 rings (SSSR count). The van der Waals surface area contributed by atoms with Gasteiger partial charge in [-0.3, -0.25) is 0 Å². The van der Waals surface area contributed by atoms with Crippen LogP contribution in [0.25, 0.3) is 77.5 Å². The van der Waals surface area contributed by atoms with E-state index in [4.69, 9.17) is 4.74 Å². The minimum Gasteiger partial charge on any atom is -0.454 e. The van der Waals surface area contributed by atoms with Gasteiger partial charge in [-0.1, -0.05) is 188 Å². The lowest BCUT2D eigenvalue weighted by Crippen LogP contribution is -2.11. The molecule has 2 heteroatoms. The third-order valence-electron chi connectivity index (χ3n) is 11.7. The maximum atomic E-state index is 7.29. The molecule has 0 radical (unpaired) electrons. The molecule has 282 valence electrons. The molecular weight excluding hydrogens is 727 g/mol. The number of benzene rings is 10. The summed E-state index contributed by atoms with van der Waals surface area (Å²) in [5.41, 5.74) is 16.9. The quantitative estimate of drug-likeness (QED) is 0.160. The summed E-state index contributed by atoms with van der Waals surface area (Å²) in [5, 5.41) is 2.32. The largest absolute Gasteiger partial charge is 0.454 e. The van der Waals surface area contributed by atoms with Crippen LogP contribution in [0.1, 0.15) is 0 Å². The van der Waals surface area contributed by atoms with Crippen molar-refractivity contribution in [1.29, 1.82) is 0 Å². The Hall–Kier alpha value is -7.94. The van der Waals surface area contributed by atoms with Crippen molar-refractivity contribution in [2.24, 2.45) is 0 Å². The molecule has 1 aliphatic rings. The van der Waals surface area contributed by atoms with Crippen molar-refractivity contribution >= 4 is 27.8 Å². The number of rotatable bonds is 7. The number of hydrogen-bond acceptors (Lipinski definition) is 2. The van der Waals surface area contributed by atoms with Crippen molar-refractivity contribution in [2.75, 3.05) is 4.90 Å². The van der Waals surface area contributed by atoms with E-state index in [1.54, 1.807) is 0 Å². The maximum Gasteiger partial charge on any atom is 0.159 e. The number of nitrogens with zero attached hydrogens (tertiary/aromatic N) is 1. The molecule has 0 bridgehead atoms. The van der Waals surface area contributed by atoms with E-state index in [2.05, 4.69) is 241 Å². The molecule has 0 aliphatic carbocycles. The first-order valence-corrected chi connectivity index (χ1v) is 20.5. The van der Waals surface area contributed by atoms with Crippen molar-refractivity contribution in [3.8, 4) is 78.3 Å². The maximum absolute atomic E-state index is 7.29. The third-order valence-corrected chi connectivity index (χ3v) is 11.7. The van der Waals surface area contributed by atoms with E-state index in [1.807, 2.05) is 0 Å². The fraction of sp³-hybridized carbons (Fsp3) is 0. The minimum atomic E-state index is 0.811. The van der Waals surface area contributed by atoms with Crippen LogP contribution in [0, 0.1) is 0 Å². The molecule has 60 heavy (non-hydrogen) atoms. The van der Waals surface area contributed by atoms with Crippen LogP contribution in [-0.2, 0) is 0 Å². The number of ether oxygens (including phenoxy) is 1. The second-order valence-electron chi connectivity index (χ2n) is 15.3. The van der Waals surface area contributed by atoms with Crippen LogP contribution < -0.4 is 9.64 Å². The van der Waals surface area contributed by atoms with E-state index in [0.29, 0.717) is 0 Å². The van der Waals surface area contributed by atoms with Crippen molar-refractivity contribution < 1.29 is 4.74 Å². The molecule has 0 amide bonds. The van der Waals surface area contributed by atoms with Gasteiger partial charge in [0.1, 0.15) is 5.75 Å². The smallest absolute Gasteiger partial charge is 0.159 e. The Kier molecular flexibility index (Phi) is 8.87. The highest BCUT2D eigenvalue weighted by atomic mass is 16.5. The first-order valence-electron chi connectivity index (χ1n) is 20.5. The Labute approximate surface area is 350 Å². The van der Waals surface area contributed by atoms with E-state index in [-0.39, 0.29) is 0 Å². The van der Waals surface area contributed by atoms with Gasteiger partial charge >= 0.3 is 0 Å². The molecule has 0 atom stereocenters. The van der Waals surface area contributed by atoms with Gasteiger partial charge < -0.3 is 9.64 Å². The molecule has 0 unspecified atom stereocenters. The predicted molar refractivity (Wildman–Crippen MR) is 251 cm³/mol. The van der Waals surface area contributed by atoms with Crippen LogP contribution in [0.15, 0.2) is 237 Å². The van der Waals surface area contributed by atoms with Crippen LogP contribution in [0.3, 0.4) is 0 Å². The number of anilines is 3. The summed E-state index contributed by atoms with van der Waals surface area (Å²) in [5.74, 6) is 1.65. The Bertz CT molecular complexity index is 3120. The molecule has 1 heterocycles. The molecule has 10 aromatic rings. The molecule has 2 nitrogen and oxygen atoms in total. The Morgan fingerprint density at radius 2 is 0.700 bits per heavy atom. The molecule has 0 aromatic heterocycles. The summed E-state index contributed by atoms with van der Waals surface area (Å²) in [4.78, 5) is 2.34. The van der Waals surface area contributed by atoms with Crippen molar-refractivity contribution in [3.63, 3.8) is 0 Å². The second-order valence-corrected chi connectivity index (χ2v) is 15.3. The molecule has 0 spiro atoms. The SMILES string of the molecule is c1ccc(-c2ccc(-c3ccc(N(c4ccc(-c5ccccc5)cc4)c4cccc5c4Oc4cc6ccccc6cc4-c4ccc(-c6ccccc6)cc4-5)cc3)cc2)cc1. The lowest BCUT2D eigenvalue weighted by molar-refractivity contribution is 0.489. The highest BCUT2D eigenvalue weighted by molar-refractivity contribution is 6.00. The third kappa shape index (κ3) is 6.51. The summed E-state index contributed by atoms with van der Waals surface area (Å²) >= 11 is 0. The highest BCUT2D eigenvalue weighted by Gasteiger charge is 2.27. The Balaban J connectivity index is 1.08. The minimum absolute atomic E-state index is 0.811. The van der Waals surface area contributed by atoms with Crippen LogP contribution >= 0.6 is 0 Å². The number of fused-ring (bicyclic) bond motifs is 6. The zero-order valence-electron chi connectivity index (χ0n) is 32.9. The molecule has 10 aromatic carbocycles. The van der Waals surface area contributed by atoms with Gasteiger partial charge in [0.15, 0.2) is 5.75 Å². The van der Waals surface area contributed by atoms with Gasteiger partial charge in [-0.15, -0.1) is 0 Å². The number of para-hydroxylation sites is 1. The molecule has 0 N–H and O–H groups in total. The number of hydrogen-bond donors (Lipinski definition) is 0. The zero-order valence-corrected chi connectivity index (χ0v) is 32.9. The fourth-order valence-electron chi connectivity index (χ4n) is 8.61. The van der Waals surface area contributed by atoms with Crippen LogP contribution in [0.5, 0.6) is 11.5 Å². The molecule has 0 saturated heterocycles. The average molecular weight is 766 g/mol. The van der Waals surface area contributed by atoms with Gasteiger partial charge in [0.2, 0.25) is 0 Å². The first kappa shape index (κ1) is 35.2. The van der Waals surface area contributed by atoms with Crippen molar-refractivity contribution in [1.82, 2.24) is 0 Å². The Morgan fingerprint density at radius 1 is 0.267 bits per heavy atom. The van der Waals surface area contributed by atoms with Crippen LogP contribution in [0.2, 0.25) is 0 Å². The normalized spacial score (nSPS) is 11.5.